The van der Waals surface area contributed by atoms with E-state index < -0.39 is 5.97 Å². The maximum absolute atomic E-state index is 12.9. The molecule has 34 heavy (non-hydrogen) atoms. The molecule has 3 N–H and O–H groups in total. The fraction of sp³-hybridized carbons (Fsp3) is 0.308. The maximum Gasteiger partial charge on any atom is 0.335 e. The van der Waals surface area contributed by atoms with Crippen LogP contribution in [0.5, 0.6) is 0 Å². The summed E-state index contributed by atoms with van der Waals surface area (Å²) in [4.78, 5) is 24.9. The summed E-state index contributed by atoms with van der Waals surface area (Å²) in [5.74, 6) is 5.45. The van der Waals surface area contributed by atoms with Crippen LogP contribution in [0.1, 0.15) is 49.2 Å². The Morgan fingerprint density at radius 1 is 1.12 bits per heavy atom. The lowest BCUT2D eigenvalue weighted by Gasteiger charge is -2.27. The van der Waals surface area contributed by atoms with Gasteiger partial charge in [0.05, 0.1) is 29.5 Å². The number of anilines is 1. The largest absolute Gasteiger partial charge is 0.463 e. The van der Waals surface area contributed by atoms with E-state index in [2.05, 4.69) is 26.1 Å². The third-order valence-electron chi connectivity index (χ3n) is 5.48. The van der Waals surface area contributed by atoms with Gasteiger partial charge in [0.25, 0.3) is 5.91 Å². The van der Waals surface area contributed by atoms with Crippen LogP contribution in [0, 0.1) is 0 Å². The van der Waals surface area contributed by atoms with Gasteiger partial charge in [-0.1, -0.05) is 56.1 Å². The highest BCUT2D eigenvalue weighted by atomic mass is 35.5. The molecule has 0 fully saturated rings. The van der Waals surface area contributed by atoms with Gasteiger partial charge in [-0.05, 0) is 59.9 Å². The molecule has 0 radical (unpaired) electrons. The third kappa shape index (κ3) is 6.20. The lowest BCUT2D eigenvalue weighted by molar-refractivity contribution is -0.138. The summed E-state index contributed by atoms with van der Waals surface area (Å²) in [5, 5.41) is 5.12. The van der Waals surface area contributed by atoms with Gasteiger partial charge >= 0.3 is 5.97 Å². The van der Waals surface area contributed by atoms with Crippen LogP contribution in [0.3, 0.4) is 0 Å². The number of benzene rings is 2. The van der Waals surface area contributed by atoms with Crippen molar-refractivity contribution < 1.29 is 14.3 Å². The molecule has 1 amide bonds. The second-order valence-electron chi connectivity index (χ2n) is 9.08. The van der Waals surface area contributed by atoms with E-state index in [0.29, 0.717) is 44.6 Å². The van der Waals surface area contributed by atoms with E-state index in [1.54, 1.807) is 31.2 Å². The molecule has 0 saturated heterocycles. The normalized spacial score (nSPS) is 14.1. The number of carbonyl (C=O) groups is 2. The molecule has 2 aromatic rings. The number of nitrogens with two attached hydrogens (primary N) is 1. The van der Waals surface area contributed by atoms with Gasteiger partial charge in [-0.2, -0.15) is 0 Å². The number of hydrazine groups is 1. The summed E-state index contributed by atoms with van der Waals surface area (Å²) in [6.07, 6.45) is 1.85. The molecule has 0 spiro atoms. The standard InChI is InChI=1S/C26H29Cl2N3O3/c1-5-34-25(33)18-13-22(28)23(31(29)15-18)14-17-12-16(6-11-21(17)27)24(32)30-20-9-7-19(8-10-20)26(2,3)4/h6-13H,5,14-15,29H2,1-4H3,(H,30,32). The molecule has 180 valence electrons. The molecular formula is C26H29Cl2N3O3. The molecule has 2 aromatic carbocycles. The molecule has 0 saturated carbocycles. The SMILES string of the molecule is CCOC(=O)C1=CC(Cl)=C(Cc2cc(C(=O)Nc3ccc(C(C)(C)C)cc3)ccc2Cl)N(N)C1. The molecule has 0 aromatic heterocycles. The van der Waals surface area contributed by atoms with Crippen molar-refractivity contribution in [2.45, 2.75) is 39.5 Å². The number of allylic oxidation sites excluding steroid dienone is 3. The Morgan fingerprint density at radius 3 is 2.38 bits per heavy atom. The Balaban J connectivity index is 1.79. The minimum absolute atomic E-state index is 0.0336. The quantitative estimate of drug-likeness (QED) is 0.399. The zero-order valence-electron chi connectivity index (χ0n) is 19.7. The number of esters is 1. The number of ether oxygens (including phenoxy) is 1. The van der Waals surface area contributed by atoms with E-state index in [9.17, 15) is 9.59 Å². The summed E-state index contributed by atoms with van der Waals surface area (Å²) in [5.41, 5.74) is 4.03. The molecule has 0 unspecified atom stereocenters. The first kappa shape index (κ1) is 25.8. The van der Waals surface area contributed by atoms with Crippen molar-refractivity contribution in [3.63, 3.8) is 0 Å². The van der Waals surface area contributed by atoms with Gasteiger partial charge in [0.2, 0.25) is 0 Å². The van der Waals surface area contributed by atoms with Crippen molar-refractivity contribution in [3.8, 4) is 0 Å². The molecule has 3 rings (SSSR count). The Hall–Kier alpha value is -2.80. The van der Waals surface area contributed by atoms with Crippen LogP contribution in [0.2, 0.25) is 5.02 Å². The topological polar surface area (TPSA) is 84.7 Å². The number of amides is 1. The Labute approximate surface area is 210 Å². The van der Waals surface area contributed by atoms with Crippen molar-refractivity contribution in [1.82, 2.24) is 5.01 Å². The van der Waals surface area contributed by atoms with E-state index >= 15 is 0 Å². The number of nitrogens with one attached hydrogen (secondary N) is 1. The van der Waals surface area contributed by atoms with Crippen molar-refractivity contribution >= 4 is 40.8 Å². The van der Waals surface area contributed by atoms with Gasteiger partial charge in [-0.15, -0.1) is 0 Å². The van der Waals surface area contributed by atoms with E-state index in [1.807, 2.05) is 24.3 Å². The van der Waals surface area contributed by atoms with Crippen LogP contribution in [-0.4, -0.2) is 30.0 Å². The highest BCUT2D eigenvalue weighted by molar-refractivity contribution is 6.32. The van der Waals surface area contributed by atoms with Crippen molar-refractivity contribution in [1.29, 1.82) is 0 Å². The van der Waals surface area contributed by atoms with Gasteiger partial charge < -0.3 is 15.1 Å². The zero-order valence-corrected chi connectivity index (χ0v) is 21.3. The van der Waals surface area contributed by atoms with Crippen LogP contribution in [0.25, 0.3) is 0 Å². The second-order valence-corrected chi connectivity index (χ2v) is 9.89. The summed E-state index contributed by atoms with van der Waals surface area (Å²) >= 11 is 12.8. The molecule has 8 heteroatoms. The number of nitrogens with zero attached hydrogens (tertiary/aromatic N) is 1. The predicted octanol–water partition coefficient (Wildman–Crippen LogP) is 5.56. The van der Waals surface area contributed by atoms with E-state index in [1.165, 1.54) is 10.6 Å². The molecule has 0 aliphatic carbocycles. The second kappa shape index (κ2) is 10.6. The van der Waals surface area contributed by atoms with Crippen LogP contribution >= 0.6 is 23.2 Å². The fourth-order valence-corrected chi connectivity index (χ4v) is 4.01. The Bertz CT molecular complexity index is 1150. The molecule has 1 aliphatic rings. The van der Waals surface area contributed by atoms with Crippen LogP contribution < -0.4 is 11.2 Å². The van der Waals surface area contributed by atoms with Gasteiger partial charge in [0.15, 0.2) is 0 Å². The number of hydrogen-bond acceptors (Lipinski definition) is 5. The monoisotopic (exact) mass is 501 g/mol. The molecule has 6 nitrogen and oxygen atoms in total. The first-order valence-electron chi connectivity index (χ1n) is 11.0. The molecular weight excluding hydrogens is 473 g/mol. The fourth-order valence-electron chi connectivity index (χ4n) is 3.52. The molecule has 0 bridgehead atoms. The smallest absolute Gasteiger partial charge is 0.335 e. The number of halogens is 2. The van der Waals surface area contributed by atoms with E-state index in [-0.39, 0.29) is 24.5 Å². The van der Waals surface area contributed by atoms with E-state index in [0.717, 1.165) is 0 Å². The van der Waals surface area contributed by atoms with Crippen LogP contribution in [-0.2, 0) is 21.4 Å². The minimum atomic E-state index is -0.456. The van der Waals surface area contributed by atoms with E-state index in [4.69, 9.17) is 33.8 Å². The number of hydrogen-bond donors (Lipinski definition) is 2. The number of carbonyl (C=O) groups excluding carboxylic acids is 2. The lowest BCUT2D eigenvalue weighted by atomic mass is 9.87. The zero-order chi connectivity index (χ0) is 25.0. The van der Waals surface area contributed by atoms with Gasteiger partial charge in [-0.3, -0.25) is 4.79 Å². The predicted molar refractivity (Wildman–Crippen MR) is 137 cm³/mol. The molecule has 1 heterocycles. The highest BCUT2D eigenvalue weighted by Gasteiger charge is 2.24. The molecule has 0 atom stereocenters. The lowest BCUT2D eigenvalue weighted by Crippen LogP contribution is -2.37. The molecule has 1 aliphatic heterocycles. The Morgan fingerprint density at radius 2 is 1.79 bits per heavy atom. The highest BCUT2D eigenvalue weighted by Crippen LogP contribution is 2.29. The van der Waals surface area contributed by atoms with Gasteiger partial charge in [0.1, 0.15) is 0 Å². The average molecular weight is 502 g/mol. The Kier molecular flexibility index (Phi) is 8.08. The van der Waals surface area contributed by atoms with Crippen molar-refractivity contribution in [3.05, 3.63) is 86.6 Å². The van der Waals surface area contributed by atoms with Crippen molar-refractivity contribution in [2.24, 2.45) is 5.84 Å². The summed E-state index contributed by atoms with van der Waals surface area (Å²) in [6.45, 7) is 8.57. The van der Waals surface area contributed by atoms with Crippen molar-refractivity contribution in [2.75, 3.05) is 18.5 Å². The number of rotatable bonds is 6. The van der Waals surface area contributed by atoms with Crippen LogP contribution in [0.15, 0.2) is 64.8 Å². The summed E-state index contributed by atoms with van der Waals surface area (Å²) in [7, 11) is 0. The summed E-state index contributed by atoms with van der Waals surface area (Å²) in [6, 6.07) is 12.9. The van der Waals surface area contributed by atoms with Gasteiger partial charge in [0, 0.05) is 22.7 Å². The third-order valence-corrected chi connectivity index (χ3v) is 6.17. The van der Waals surface area contributed by atoms with Crippen LogP contribution in [0.4, 0.5) is 5.69 Å². The first-order valence-corrected chi connectivity index (χ1v) is 11.7. The van der Waals surface area contributed by atoms with Gasteiger partial charge in [-0.25, -0.2) is 10.6 Å². The average Bonchev–Trinajstić information content (AvgIpc) is 2.77. The minimum Gasteiger partial charge on any atom is -0.463 e. The maximum atomic E-state index is 12.9. The summed E-state index contributed by atoms with van der Waals surface area (Å²) < 4.78 is 5.03. The first-order chi connectivity index (χ1) is 16.0.